The molecule has 0 aromatic carbocycles. The fourth-order valence-electron chi connectivity index (χ4n) is 2.38. The second kappa shape index (κ2) is 5.69. The third-order valence-electron chi connectivity index (χ3n) is 3.10. The van der Waals surface area contributed by atoms with Gasteiger partial charge < -0.3 is 19.3 Å². The molecule has 0 aromatic heterocycles. The van der Waals surface area contributed by atoms with Crippen molar-refractivity contribution in [1.29, 1.82) is 0 Å². The smallest absolute Gasteiger partial charge is 0.264 e. The highest BCUT2D eigenvalue weighted by molar-refractivity contribution is 7.85. The zero-order chi connectivity index (χ0) is 15.8. The summed E-state index contributed by atoms with van der Waals surface area (Å²) in [7, 11) is -3.66. The van der Waals surface area contributed by atoms with Crippen molar-refractivity contribution in [3.63, 3.8) is 0 Å². The first-order valence-electron chi connectivity index (χ1n) is 6.21. The van der Waals surface area contributed by atoms with E-state index in [4.69, 9.17) is 19.7 Å². The molecule has 5 atom stereocenters. The predicted molar refractivity (Wildman–Crippen MR) is 68.4 cm³/mol. The first-order valence-corrected chi connectivity index (χ1v) is 8.02. The van der Waals surface area contributed by atoms with Gasteiger partial charge in [0, 0.05) is 4.91 Å². The molecule has 11 heteroatoms. The lowest BCUT2D eigenvalue weighted by atomic mass is 9.98. The summed E-state index contributed by atoms with van der Waals surface area (Å²) in [6.45, 7) is 2.97. The number of aliphatic hydroxyl groups excluding tert-OH is 1. The molecule has 0 unspecified atom stereocenters. The van der Waals surface area contributed by atoms with E-state index >= 15 is 0 Å². The van der Waals surface area contributed by atoms with Crippen molar-refractivity contribution in [1.82, 2.24) is 0 Å². The zero-order valence-electron chi connectivity index (χ0n) is 11.7. The Morgan fingerprint density at radius 1 is 1.38 bits per heavy atom. The molecule has 0 saturated carbocycles. The number of azide groups is 1. The van der Waals surface area contributed by atoms with Crippen LogP contribution in [0.4, 0.5) is 0 Å². The minimum atomic E-state index is -3.66. The van der Waals surface area contributed by atoms with Gasteiger partial charge in [-0.05, 0) is 19.4 Å². The van der Waals surface area contributed by atoms with Gasteiger partial charge in [0.05, 0.1) is 12.9 Å². The number of aliphatic hydroxyl groups is 1. The Kier molecular flexibility index (Phi) is 4.45. The quantitative estimate of drug-likeness (QED) is 0.329. The van der Waals surface area contributed by atoms with Gasteiger partial charge in [0.15, 0.2) is 12.1 Å². The van der Waals surface area contributed by atoms with Gasteiger partial charge in [-0.15, -0.1) is 0 Å². The maximum Gasteiger partial charge on any atom is 0.264 e. The summed E-state index contributed by atoms with van der Waals surface area (Å²) < 4.78 is 43.3. The SMILES string of the molecule is CC1(C)O[C@@H]2[C@@H](N=[N+]=[N-])[C@@H](O)O[C@H](COS(C)(=O)=O)[C@@H]2O1. The van der Waals surface area contributed by atoms with E-state index in [0.717, 1.165) is 6.26 Å². The molecule has 2 saturated heterocycles. The van der Waals surface area contributed by atoms with Crippen molar-refractivity contribution in [3.8, 4) is 0 Å². The fourth-order valence-corrected chi connectivity index (χ4v) is 2.76. The van der Waals surface area contributed by atoms with Crippen LogP contribution in [0.1, 0.15) is 13.8 Å². The number of ether oxygens (including phenoxy) is 3. The minimum absolute atomic E-state index is 0.334. The first-order chi connectivity index (χ1) is 9.63. The molecule has 21 heavy (non-hydrogen) atoms. The number of hydrogen-bond donors (Lipinski definition) is 1. The Balaban J connectivity index is 2.20. The largest absolute Gasteiger partial charge is 0.367 e. The van der Waals surface area contributed by atoms with Crippen LogP contribution >= 0.6 is 0 Å². The van der Waals surface area contributed by atoms with E-state index in [1.54, 1.807) is 13.8 Å². The lowest BCUT2D eigenvalue weighted by Gasteiger charge is -2.37. The summed E-state index contributed by atoms with van der Waals surface area (Å²) in [5, 5.41) is 13.3. The van der Waals surface area contributed by atoms with E-state index < -0.39 is 46.5 Å². The maximum atomic E-state index is 11.1. The summed E-state index contributed by atoms with van der Waals surface area (Å²) in [5.41, 5.74) is 8.55. The Morgan fingerprint density at radius 3 is 2.57 bits per heavy atom. The lowest BCUT2D eigenvalue weighted by Crippen LogP contribution is -2.56. The normalized spacial score (nSPS) is 38.6. The molecule has 0 aliphatic carbocycles. The molecule has 0 amide bonds. The number of fused-ring (bicyclic) bond motifs is 1. The zero-order valence-corrected chi connectivity index (χ0v) is 12.6. The van der Waals surface area contributed by atoms with Gasteiger partial charge in [0.1, 0.15) is 24.4 Å². The number of nitrogens with zero attached hydrogens (tertiary/aromatic N) is 3. The monoisotopic (exact) mass is 323 g/mol. The van der Waals surface area contributed by atoms with Crippen LogP contribution in [0.3, 0.4) is 0 Å². The van der Waals surface area contributed by atoms with E-state index in [-0.39, 0.29) is 6.61 Å². The Hall–Kier alpha value is -0.940. The van der Waals surface area contributed by atoms with Crippen molar-refractivity contribution in [3.05, 3.63) is 10.4 Å². The molecule has 0 radical (unpaired) electrons. The number of rotatable bonds is 4. The van der Waals surface area contributed by atoms with E-state index in [0.29, 0.717) is 0 Å². The standard InChI is InChI=1S/C10H17N3O7S/c1-10(2)19-7-5(4-17-21(3,15)16)18-9(14)6(12-13-11)8(7)20-10/h5-9,14H,4H2,1-3H3/t5-,6-,7+,8-,9+/m1/s1. The van der Waals surface area contributed by atoms with Crippen molar-refractivity contribution in [2.45, 2.75) is 50.3 Å². The van der Waals surface area contributed by atoms with Gasteiger partial charge in [-0.3, -0.25) is 4.18 Å². The van der Waals surface area contributed by atoms with Crippen molar-refractivity contribution < 1.29 is 31.9 Å². The molecule has 2 heterocycles. The molecule has 120 valence electrons. The number of hydrogen-bond acceptors (Lipinski definition) is 8. The highest BCUT2D eigenvalue weighted by Crippen LogP contribution is 2.38. The Labute approximate surface area is 121 Å². The second-order valence-corrected chi connectivity index (χ2v) is 6.96. The fraction of sp³-hybridized carbons (Fsp3) is 1.00. The third-order valence-corrected chi connectivity index (χ3v) is 3.67. The highest BCUT2D eigenvalue weighted by Gasteiger charge is 2.54. The predicted octanol–water partition coefficient (Wildman–Crippen LogP) is -0.121. The van der Waals surface area contributed by atoms with E-state index in [2.05, 4.69) is 14.2 Å². The van der Waals surface area contributed by atoms with Crippen LogP contribution < -0.4 is 0 Å². The molecule has 2 fully saturated rings. The van der Waals surface area contributed by atoms with Crippen LogP contribution in [0.25, 0.3) is 10.4 Å². The molecule has 2 aliphatic heterocycles. The van der Waals surface area contributed by atoms with Crippen molar-refractivity contribution in [2.75, 3.05) is 12.9 Å². The molecular formula is C10H17N3O7S. The summed E-state index contributed by atoms with van der Waals surface area (Å²) in [4.78, 5) is 2.65. The van der Waals surface area contributed by atoms with E-state index in [9.17, 15) is 13.5 Å². The molecule has 0 aromatic rings. The third kappa shape index (κ3) is 3.83. The average Bonchev–Trinajstić information content (AvgIpc) is 2.65. The van der Waals surface area contributed by atoms with Gasteiger partial charge in [0.2, 0.25) is 0 Å². The molecule has 1 N–H and O–H groups in total. The van der Waals surface area contributed by atoms with Crippen LogP contribution in [-0.4, -0.2) is 62.8 Å². The van der Waals surface area contributed by atoms with Gasteiger partial charge in [-0.2, -0.15) is 8.42 Å². The van der Waals surface area contributed by atoms with Crippen LogP contribution in [0.15, 0.2) is 5.11 Å². The Bertz CT molecular complexity index is 545. The summed E-state index contributed by atoms with van der Waals surface area (Å²) in [5.74, 6) is -0.977. The molecule has 0 spiro atoms. The van der Waals surface area contributed by atoms with Gasteiger partial charge in [-0.1, -0.05) is 5.11 Å². The summed E-state index contributed by atoms with van der Waals surface area (Å²) >= 11 is 0. The molecule has 10 nitrogen and oxygen atoms in total. The van der Waals surface area contributed by atoms with Gasteiger partial charge in [0.25, 0.3) is 10.1 Å². The molecule has 0 bridgehead atoms. The summed E-state index contributed by atoms with van der Waals surface area (Å²) in [6.07, 6.45) is -2.88. The van der Waals surface area contributed by atoms with E-state index in [1.807, 2.05) is 0 Å². The van der Waals surface area contributed by atoms with Crippen molar-refractivity contribution >= 4 is 10.1 Å². The highest BCUT2D eigenvalue weighted by atomic mass is 32.2. The average molecular weight is 323 g/mol. The van der Waals surface area contributed by atoms with Crippen molar-refractivity contribution in [2.24, 2.45) is 5.11 Å². The lowest BCUT2D eigenvalue weighted by molar-refractivity contribution is -0.224. The molecular weight excluding hydrogens is 306 g/mol. The van der Waals surface area contributed by atoms with Crippen LogP contribution in [0, 0.1) is 0 Å². The van der Waals surface area contributed by atoms with Crippen LogP contribution in [0.2, 0.25) is 0 Å². The minimum Gasteiger partial charge on any atom is -0.367 e. The van der Waals surface area contributed by atoms with Gasteiger partial charge >= 0.3 is 0 Å². The Morgan fingerprint density at radius 2 is 2.00 bits per heavy atom. The van der Waals surface area contributed by atoms with Crippen LogP contribution in [-0.2, 0) is 28.5 Å². The van der Waals surface area contributed by atoms with Gasteiger partial charge in [-0.25, -0.2) is 0 Å². The molecule has 2 aliphatic rings. The topological polar surface area (TPSA) is 140 Å². The van der Waals surface area contributed by atoms with E-state index in [1.165, 1.54) is 0 Å². The second-order valence-electron chi connectivity index (χ2n) is 5.31. The molecule has 2 rings (SSSR count). The summed E-state index contributed by atoms with van der Waals surface area (Å²) in [6, 6.07) is -0.990. The first kappa shape index (κ1) is 16.4. The maximum absolute atomic E-state index is 11.1. The van der Waals surface area contributed by atoms with Crippen LogP contribution in [0.5, 0.6) is 0 Å².